The van der Waals surface area contributed by atoms with Crippen LogP contribution in [0.3, 0.4) is 0 Å². The number of nitrogens with zero attached hydrogens (tertiary/aromatic N) is 3. The predicted octanol–water partition coefficient (Wildman–Crippen LogP) is 3.51. The van der Waals surface area contributed by atoms with Crippen LogP contribution in [-0.2, 0) is 15.8 Å². The topological polar surface area (TPSA) is 62.7 Å². The molecule has 0 saturated carbocycles. The highest BCUT2D eigenvalue weighted by atomic mass is 79.9. The number of pyridine rings is 1. The fourth-order valence-corrected chi connectivity index (χ4v) is 3.91. The Kier molecular flexibility index (Phi) is 5.44. The third kappa shape index (κ3) is 4.28. The van der Waals surface area contributed by atoms with Gasteiger partial charge in [-0.1, -0.05) is 28.1 Å². The molecule has 3 heterocycles. The van der Waals surface area contributed by atoms with Gasteiger partial charge in [0.2, 0.25) is 17.7 Å². The lowest BCUT2D eigenvalue weighted by Gasteiger charge is -2.39. The Morgan fingerprint density at radius 2 is 1.87 bits per heavy atom. The SMILES string of the molecule is O=C(C1CC(=O)N(c2cccc(Br)c2)C1)N1CC(Oc2cccc(C(F)(F)F)n2)C1. The normalized spacial score (nSPS) is 19.7. The van der Waals surface area contributed by atoms with Crippen LogP contribution < -0.4 is 9.64 Å². The van der Waals surface area contributed by atoms with Gasteiger partial charge in [-0.25, -0.2) is 4.98 Å². The number of benzene rings is 1. The van der Waals surface area contributed by atoms with Crippen LogP contribution in [0.15, 0.2) is 46.9 Å². The summed E-state index contributed by atoms with van der Waals surface area (Å²) in [6.45, 7) is 0.794. The molecule has 0 radical (unpaired) electrons. The zero-order valence-electron chi connectivity index (χ0n) is 15.6. The maximum atomic E-state index is 12.7. The minimum absolute atomic E-state index is 0.118. The van der Waals surface area contributed by atoms with Crippen molar-refractivity contribution in [1.82, 2.24) is 9.88 Å². The average molecular weight is 484 g/mol. The Morgan fingerprint density at radius 1 is 1.13 bits per heavy atom. The zero-order chi connectivity index (χ0) is 21.5. The molecule has 0 aliphatic carbocycles. The van der Waals surface area contributed by atoms with E-state index < -0.39 is 23.9 Å². The van der Waals surface area contributed by atoms with Crippen LogP contribution >= 0.6 is 15.9 Å². The quantitative estimate of drug-likeness (QED) is 0.667. The third-order valence-electron chi connectivity index (χ3n) is 5.06. The van der Waals surface area contributed by atoms with Crippen LogP contribution in [0, 0.1) is 5.92 Å². The number of alkyl halides is 3. The van der Waals surface area contributed by atoms with Crippen molar-refractivity contribution >= 4 is 33.4 Å². The molecule has 4 rings (SSSR count). The first-order chi connectivity index (χ1) is 14.2. The van der Waals surface area contributed by atoms with Crippen molar-refractivity contribution in [2.45, 2.75) is 18.7 Å². The van der Waals surface area contributed by atoms with Crippen molar-refractivity contribution in [2.75, 3.05) is 24.5 Å². The monoisotopic (exact) mass is 483 g/mol. The number of halogens is 4. The van der Waals surface area contributed by atoms with Crippen LogP contribution in [0.4, 0.5) is 18.9 Å². The molecule has 1 aromatic heterocycles. The van der Waals surface area contributed by atoms with Gasteiger partial charge in [0, 0.05) is 29.2 Å². The van der Waals surface area contributed by atoms with Crippen molar-refractivity contribution in [1.29, 1.82) is 0 Å². The van der Waals surface area contributed by atoms with Gasteiger partial charge in [-0.2, -0.15) is 13.2 Å². The number of amides is 2. The lowest BCUT2D eigenvalue weighted by atomic mass is 10.0. The van der Waals surface area contributed by atoms with E-state index in [1.54, 1.807) is 9.80 Å². The smallest absolute Gasteiger partial charge is 0.433 e. The summed E-state index contributed by atoms with van der Waals surface area (Å²) in [4.78, 5) is 31.7. The van der Waals surface area contributed by atoms with Crippen LogP contribution in [0.5, 0.6) is 5.88 Å². The van der Waals surface area contributed by atoms with E-state index in [0.717, 1.165) is 16.2 Å². The first-order valence-electron chi connectivity index (χ1n) is 9.26. The van der Waals surface area contributed by atoms with Gasteiger partial charge in [-0.05, 0) is 24.3 Å². The van der Waals surface area contributed by atoms with Crippen LogP contribution in [0.25, 0.3) is 0 Å². The van der Waals surface area contributed by atoms with E-state index in [0.29, 0.717) is 6.54 Å². The summed E-state index contributed by atoms with van der Waals surface area (Å²) in [6, 6.07) is 10.8. The molecule has 1 atom stereocenters. The largest absolute Gasteiger partial charge is 0.471 e. The van der Waals surface area contributed by atoms with Gasteiger partial charge in [-0.15, -0.1) is 0 Å². The van der Waals surface area contributed by atoms with E-state index in [9.17, 15) is 22.8 Å². The van der Waals surface area contributed by atoms with Gasteiger partial charge < -0.3 is 14.5 Å². The Labute approximate surface area is 178 Å². The number of rotatable bonds is 4. The number of anilines is 1. The number of hydrogen-bond acceptors (Lipinski definition) is 4. The minimum atomic E-state index is -4.55. The summed E-state index contributed by atoms with van der Waals surface area (Å²) in [7, 11) is 0. The molecule has 0 spiro atoms. The number of aromatic nitrogens is 1. The molecule has 1 aromatic carbocycles. The molecule has 2 amide bonds. The van der Waals surface area contributed by atoms with Gasteiger partial charge >= 0.3 is 6.18 Å². The maximum Gasteiger partial charge on any atom is 0.433 e. The second kappa shape index (κ2) is 7.90. The van der Waals surface area contributed by atoms with Crippen molar-refractivity contribution in [3.63, 3.8) is 0 Å². The van der Waals surface area contributed by atoms with E-state index in [2.05, 4.69) is 20.9 Å². The van der Waals surface area contributed by atoms with Crippen molar-refractivity contribution < 1.29 is 27.5 Å². The Balaban J connectivity index is 1.32. The number of carbonyl (C=O) groups excluding carboxylic acids is 2. The Morgan fingerprint density at radius 3 is 2.57 bits per heavy atom. The van der Waals surface area contributed by atoms with Crippen molar-refractivity contribution in [3.8, 4) is 5.88 Å². The van der Waals surface area contributed by atoms with Gasteiger partial charge in [-0.3, -0.25) is 9.59 Å². The highest BCUT2D eigenvalue weighted by Gasteiger charge is 2.42. The number of ether oxygens (including phenoxy) is 1. The van der Waals surface area contributed by atoms with Crippen molar-refractivity contribution in [2.24, 2.45) is 5.92 Å². The molecule has 158 valence electrons. The molecule has 2 fully saturated rings. The summed E-state index contributed by atoms with van der Waals surface area (Å²) in [5, 5.41) is 0. The number of carbonyl (C=O) groups is 2. The standard InChI is InChI=1S/C20H17BrF3N3O3/c21-13-3-1-4-14(8-13)27-9-12(7-18(27)28)19(29)26-10-15(11-26)30-17-6-2-5-16(25-17)20(22,23)24/h1-6,8,12,15H,7,9-11H2. The Bertz CT molecular complexity index is 979. The third-order valence-corrected chi connectivity index (χ3v) is 5.55. The van der Waals surface area contributed by atoms with Crippen LogP contribution in [-0.4, -0.2) is 47.4 Å². The molecule has 2 aromatic rings. The first-order valence-corrected chi connectivity index (χ1v) is 10.1. The molecule has 30 heavy (non-hydrogen) atoms. The molecule has 6 nitrogen and oxygen atoms in total. The first kappa shape index (κ1) is 20.6. The van der Waals surface area contributed by atoms with Gasteiger partial charge in [0.1, 0.15) is 11.8 Å². The molecule has 2 aliphatic rings. The molecule has 2 aliphatic heterocycles. The molecule has 0 N–H and O–H groups in total. The minimum Gasteiger partial charge on any atom is -0.471 e. The molecule has 0 bridgehead atoms. The highest BCUT2D eigenvalue weighted by Crippen LogP contribution is 2.31. The number of hydrogen-bond donors (Lipinski definition) is 0. The summed E-state index contributed by atoms with van der Waals surface area (Å²) in [5.74, 6) is -0.853. The summed E-state index contributed by atoms with van der Waals surface area (Å²) < 4.78 is 44.5. The second-order valence-corrected chi connectivity index (χ2v) is 8.14. The van der Waals surface area contributed by atoms with E-state index in [-0.39, 0.29) is 37.2 Å². The van der Waals surface area contributed by atoms with Crippen LogP contribution in [0.2, 0.25) is 0 Å². The second-order valence-electron chi connectivity index (χ2n) is 7.23. The van der Waals surface area contributed by atoms with Gasteiger partial charge in [0.15, 0.2) is 0 Å². The van der Waals surface area contributed by atoms with Gasteiger partial charge in [0.25, 0.3) is 0 Å². The molecule has 2 saturated heterocycles. The van der Waals surface area contributed by atoms with Crippen molar-refractivity contribution in [3.05, 3.63) is 52.6 Å². The fourth-order valence-electron chi connectivity index (χ4n) is 3.53. The Hall–Kier alpha value is -2.62. The van der Waals surface area contributed by atoms with E-state index in [4.69, 9.17) is 4.74 Å². The van der Waals surface area contributed by atoms with E-state index >= 15 is 0 Å². The summed E-state index contributed by atoms with van der Waals surface area (Å²) in [6.07, 6.45) is -4.85. The fraction of sp³-hybridized carbons (Fsp3) is 0.350. The lowest BCUT2D eigenvalue weighted by Crippen LogP contribution is -2.57. The zero-order valence-corrected chi connectivity index (χ0v) is 17.2. The maximum absolute atomic E-state index is 12.7. The summed E-state index contributed by atoms with van der Waals surface area (Å²) in [5.41, 5.74) is -0.297. The van der Waals surface area contributed by atoms with E-state index in [1.165, 1.54) is 12.1 Å². The number of likely N-dealkylation sites (tertiary alicyclic amines) is 1. The molecular formula is C20H17BrF3N3O3. The van der Waals surface area contributed by atoms with E-state index in [1.807, 2.05) is 24.3 Å². The summed E-state index contributed by atoms with van der Waals surface area (Å²) >= 11 is 3.37. The van der Waals surface area contributed by atoms with Crippen LogP contribution in [0.1, 0.15) is 12.1 Å². The molecule has 10 heteroatoms. The highest BCUT2D eigenvalue weighted by molar-refractivity contribution is 9.10. The predicted molar refractivity (Wildman–Crippen MR) is 105 cm³/mol. The average Bonchev–Trinajstić information content (AvgIpc) is 3.05. The molecule has 1 unspecified atom stereocenters. The molecular weight excluding hydrogens is 467 g/mol. The lowest BCUT2D eigenvalue weighted by molar-refractivity contribution is -0.144. The van der Waals surface area contributed by atoms with Gasteiger partial charge in [0.05, 0.1) is 19.0 Å².